The summed E-state index contributed by atoms with van der Waals surface area (Å²) in [6, 6.07) is 7.23. The predicted molar refractivity (Wildman–Crippen MR) is 80.1 cm³/mol. The molecule has 5 nitrogen and oxygen atoms in total. The van der Waals surface area contributed by atoms with Crippen molar-refractivity contribution in [3.8, 4) is 0 Å². The summed E-state index contributed by atoms with van der Waals surface area (Å²) in [5.74, 6) is 0. The van der Waals surface area contributed by atoms with E-state index < -0.39 is 10.0 Å². The predicted octanol–water partition coefficient (Wildman–Crippen LogP) is 0.731. The van der Waals surface area contributed by atoms with Crippen LogP contribution >= 0.6 is 0 Å². The fourth-order valence-electron chi connectivity index (χ4n) is 2.70. The number of hydrogen-bond acceptors (Lipinski definition) is 4. The lowest BCUT2D eigenvalue weighted by Gasteiger charge is -2.37. The molecular formula is C14H23N3O2S. The Labute approximate surface area is 121 Å². The Kier molecular flexibility index (Phi) is 4.80. The van der Waals surface area contributed by atoms with Crippen LogP contribution in [0.15, 0.2) is 29.2 Å². The van der Waals surface area contributed by atoms with E-state index >= 15 is 0 Å². The van der Waals surface area contributed by atoms with Crippen LogP contribution in [0.4, 0.5) is 0 Å². The van der Waals surface area contributed by atoms with E-state index in [0.29, 0.717) is 18.0 Å². The van der Waals surface area contributed by atoms with E-state index in [-0.39, 0.29) is 6.04 Å². The first kappa shape index (κ1) is 15.4. The van der Waals surface area contributed by atoms with Gasteiger partial charge in [-0.2, -0.15) is 4.31 Å². The van der Waals surface area contributed by atoms with Crippen LogP contribution in [0.3, 0.4) is 0 Å². The van der Waals surface area contributed by atoms with Crippen LogP contribution in [0.5, 0.6) is 0 Å². The third-order valence-corrected chi connectivity index (χ3v) is 5.81. The van der Waals surface area contributed by atoms with Crippen LogP contribution in [-0.2, 0) is 16.6 Å². The Morgan fingerprint density at radius 1 is 1.30 bits per heavy atom. The van der Waals surface area contributed by atoms with Gasteiger partial charge in [0.1, 0.15) is 0 Å². The highest BCUT2D eigenvalue weighted by Crippen LogP contribution is 2.23. The standard InChI is InChI=1S/C14H23N3O2S/c1-12-11-16(3)8-9-17(12)20(18,19)14-7-5-4-6-13(14)10-15-2/h4-7,12,15H,8-11H2,1-3H3. The molecule has 112 valence electrons. The summed E-state index contributed by atoms with van der Waals surface area (Å²) in [6.07, 6.45) is 0. The number of nitrogens with zero attached hydrogens (tertiary/aromatic N) is 2. The molecule has 0 aromatic heterocycles. The SMILES string of the molecule is CNCc1ccccc1S(=O)(=O)N1CCN(C)CC1C. The molecule has 0 amide bonds. The Balaban J connectivity index is 2.35. The van der Waals surface area contributed by atoms with E-state index in [2.05, 4.69) is 10.2 Å². The van der Waals surface area contributed by atoms with Crippen LogP contribution in [0, 0.1) is 0 Å². The molecule has 1 aliphatic rings. The van der Waals surface area contributed by atoms with Gasteiger partial charge < -0.3 is 10.2 Å². The summed E-state index contributed by atoms with van der Waals surface area (Å²) in [4.78, 5) is 2.58. The third kappa shape index (κ3) is 3.03. The monoisotopic (exact) mass is 297 g/mol. The fourth-order valence-corrected chi connectivity index (χ4v) is 4.54. The quantitative estimate of drug-likeness (QED) is 0.890. The van der Waals surface area contributed by atoms with Crippen molar-refractivity contribution in [3.63, 3.8) is 0 Å². The second-order valence-corrected chi connectivity index (χ2v) is 7.22. The number of rotatable bonds is 4. The molecule has 0 radical (unpaired) electrons. The molecule has 0 saturated carbocycles. The van der Waals surface area contributed by atoms with Gasteiger partial charge in [-0.1, -0.05) is 18.2 Å². The van der Waals surface area contributed by atoms with Crippen molar-refractivity contribution in [2.24, 2.45) is 0 Å². The summed E-state index contributed by atoms with van der Waals surface area (Å²) < 4.78 is 27.4. The number of sulfonamides is 1. The lowest BCUT2D eigenvalue weighted by atomic mass is 10.2. The number of hydrogen-bond donors (Lipinski definition) is 1. The lowest BCUT2D eigenvalue weighted by molar-refractivity contribution is 0.170. The Morgan fingerprint density at radius 3 is 2.65 bits per heavy atom. The van der Waals surface area contributed by atoms with Gasteiger partial charge in [0.2, 0.25) is 10.0 Å². The van der Waals surface area contributed by atoms with Crippen molar-refractivity contribution in [1.82, 2.24) is 14.5 Å². The topological polar surface area (TPSA) is 52.7 Å². The molecule has 0 aliphatic carbocycles. The molecule has 0 spiro atoms. The van der Waals surface area contributed by atoms with Crippen molar-refractivity contribution < 1.29 is 8.42 Å². The Morgan fingerprint density at radius 2 is 2.00 bits per heavy atom. The lowest BCUT2D eigenvalue weighted by Crippen LogP contribution is -2.52. The normalized spacial score (nSPS) is 22.1. The number of benzene rings is 1. The van der Waals surface area contributed by atoms with Gasteiger partial charge in [-0.3, -0.25) is 0 Å². The van der Waals surface area contributed by atoms with Gasteiger partial charge in [-0.05, 0) is 32.6 Å². The Hall–Kier alpha value is -0.950. The van der Waals surface area contributed by atoms with E-state index in [0.717, 1.165) is 18.7 Å². The first-order valence-corrected chi connectivity index (χ1v) is 8.33. The molecule has 2 rings (SSSR count). The molecule has 1 aromatic carbocycles. The third-order valence-electron chi connectivity index (χ3n) is 3.70. The molecule has 20 heavy (non-hydrogen) atoms. The van der Waals surface area contributed by atoms with E-state index in [4.69, 9.17) is 0 Å². The zero-order valence-electron chi connectivity index (χ0n) is 12.3. The summed E-state index contributed by atoms with van der Waals surface area (Å²) in [5, 5.41) is 3.03. The summed E-state index contributed by atoms with van der Waals surface area (Å²) in [6.45, 7) is 4.62. The van der Waals surface area contributed by atoms with Gasteiger partial charge >= 0.3 is 0 Å². The smallest absolute Gasteiger partial charge is 0.243 e. The summed E-state index contributed by atoms with van der Waals surface area (Å²) >= 11 is 0. The van der Waals surface area contributed by atoms with Crippen LogP contribution in [0.25, 0.3) is 0 Å². The molecule has 1 saturated heterocycles. The van der Waals surface area contributed by atoms with Gasteiger partial charge in [0.25, 0.3) is 0 Å². The number of nitrogens with one attached hydrogen (secondary N) is 1. The van der Waals surface area contributed by atoms with Crippen LogP contribution < -0.4 is 5.32 Å². The highest BCUT2D eigenvalue weighted by atomic mass is 32.2. The molecular weight excluding hydrogens is 274 g/mol. The van der Waals surface area contributed by atoms with Crippen molar-refractivity contribution in [3.05, 3.63) is 29.8 Å². The van der Waals surface area contributed by atoms with Crippen LogP contribution in [-0.4, -0.2) is 57.4 Å². The van der Waals surface area contributed by atoms with Gasteiger partial charge in [-0.25, -0.2) is 8.42 Å². The molecule has 0 bridgehead atoms. The van der Waals surface area contributed by atoms with Gasteiger partial charge in [0.05, 0.1) is 4.90 Å². The molecule has 1 heterocycles. The maximum Gasteiger partial charge on any atom is 0.243 e. The zero-order chi connectivity index (χ0) is 14.8. The number of likely N-dealkylation sites (N-methyl/N-ethyl adjacent to an activating group) is 1. The number of piperazine rings is 1. The molecule has 1 aromatic rings. The van der Waals surface area contributed by atoms with E-state index in [1.807, 2.05) is 33.2 Å². The highest BCUT2D eigenvalue weighted by molar-refractivity contribution is 7.89. The second kappa shape index (κ2) is 6.22. The molecule has 1 atom stereocenters. The summed E-state index contributed by atoms with van der Waals surface area (Å²) in [5.41, 5.74) is 0.820. The van der Waals surface area contributed by atoms with Crippen molar-refractivity contribution in [2.45, 2.75) is 24.4 Å². The Bertz CT molecular complexity index is 559. The molecule has 1 unspecified atom stereocenters. The summed E-state index contributed by atoms with van der Waals surface area (Å²) in [7, 11) is 0.424. The van der Waals surface area contributed by atoms with Crippen LogP contribution in [0.2, 0.25) is 0 Å². The minimum absolute atomic E-state index is 0.00129. The van der Waals surface area contributed by atoms with Gasteiger partial charge in [0.15, 0.2) is 0 Å². The van der Waals surface area contributed by atoms with Gasteiger partial charge in [-0.15, -0.1) is 0 Å². The highest BCUT2D eigenvalue weighted by Gasteiger charge is 2.33. The van der Waals surface area contributed by atoms with E-state index in [1.165, 1.54) is 0 Å². The largest absolute Gasteiger partial charge is 0.316 e. The maximum absolute atomic E-state index is 12.9. The zero-order valence-corrected chi connectivity index (χ0v) is 13.2. The van der Waals surface area contributed by atoms with E-state index in [9.17, 15) is 8.42 Å². The first-order chi connectivity index (χ1) is 9.46. The fraction of sp³-hybridized carbons (Fsp3) is 0.571. The van der Waals surface area contributed by atoms with E-state index in [1.54, 1.807) is 16.4 Å². The average molecular weight is 297 g/mol. The van der Waals surface area contributed by atoms with Crippen molar-refractivity contribution in [1.29, 1.82) is 0 Å². The van der Waals surface area contributed by atoms with Crippen molar-refractivity contribution in [2.75, 3.05) is 33.7 Å². The molecule has 1 N–H and O–H groups in total. The minimum Gasteiger partial charge on any atom is -0.316 e. The van der Waals surface area contributed by atoms with Crippen LogP contribution in [0.1, 0.15) is 12.5 Å². The molecule has 1 fully saturated rings. The first-order valence-electron chi connectivity index (χ1n) is 6.89. The van der Waals surface area contributed by atoms with Gasteiger partial charge in [0, 0.05) is 32.2 Å². The second-order valence-electron chi connectivity index (χ2n) is 5.37. The van der Waals surface area contributed by atoms with Crippen molar-refractivity contribution >= 4 is 10.0 Å². The minimum atomic E-state index is -3.42. The molecule has 6 heteroatoms. The maximum atomic E-state index is 12.9. The average Bonchev–Trinajstić information content (AvgIpc) is 2.39. The molecule has 1 aliphatic heterocycles.